The van der Waals surface area contributed by atoms with E-state index >= 15 is 0 Å². The van der Waals surface area contributed by atoms with Crippen molar-refractivity contribution in [1.82, 2.24) is 5.32 Å². The smallest absolute Gasteiger partial charge is 0.0661 e. The van der Waals surface area contributed by atoms with Crippen LogP contribution in [0.3, 0.4) is 0 Å². The number of nitrogens with one attached hydrogen (secondary N) is 1. The van der Waals surface area contributed by atoms with Crippen LogP contribution in [0.5, 0.6) is 0 Å². The van der Waals surface area contributed by atoms with E-state index in [0.717, 1.165) is 23.8 Å². The van der Waals surface area contributed by atoms with Crippen LogP contribution in [0.1, 0.15) is 65.2 Å². The van der Waals surface area contributed by atoms with Crippen molar-refractivity contribution in [2.75, 3.05) is 6.54 Å². The molecule has 4 rings (SSSR count). The normalized spacial score (nSPS) is 56.0. The van der Waals surface area contributed by atoms with Gasteiger partial charge in [0.05, 0.1) is 12.0 Å². The predicted octanol–water partition coefficient (Wildman–Crippen LogP) is 4.12. The van der Waals surface area contributed by atoms with E-state index in [0.29, 0.717) is 16.7 Å². The van der Waals surface area contributed by atoms with Crippen LogP contribution in [-0.2, 0) is 0 Å². The number of nitrogens with zero attached hydrogens (tertiary/aromatic N) is 1. The van der Waals surface area contributed by atoms with Crippen molar-refractivity contribution in [3.8, 4) is 6.07 Å². The monoisotopic (exact) mass is 286 g/mol. The zero-order valence-corrected chi connectivity index (χ0v) is 13.7. The first-order valence-electron chi connectivity index (χ1n) is 9.22. The highest BCUT2D eigenvalue weighted by Crippen LogP contribution is 2.65. The highest BCUT2D eigenvalue weighted by Gasteiger charge is 2.59. The third kappa shape index (κ3) is 1.79. The molecule has 0 radical (unpaired) electrons. The average molecular weight is 286 g/mol. The summed E-state index contributed by atoms with van der Waals surface area (Å²) in [7, 11) is 0. The SMILES string of the molecule is C[C@]12CCCN[C@@H]1CC[C@@H]1[C@@H]2CC[C@]2(C)[C@@H](C#N)CC[C@@H]12. The third-order valence-corrected chi connectivity index (χ3v) is 8.31. The third-order valence-electron chi connectivity index (χ3n) is 8.31. The van der Waals surface area contributed by atoms with Crippen molar-refractivity contribution in [2.24, 2.45) is 34.5 Å². The second-order valence-electron chi connectivity index (χ2n) is 8.87. The fourth-order valence-corrected chi connectivity index (χ4v) is 7.11. The minimum atomic E-state index is 0.332. The summed E-state index contributed by atoms with van der Waals surface area (Å²) in [5.74, 6) is 2.99. The van der Waals surface area contributed by atoms with Gasteiger partial charge in [0.1, 0.15) is 0 Å². The zero-order valence-electron chi connectivity index (χ0n) is 13.7. The molecule has 21 heavy (non-hydrogen) atoms. The number of rotatable bonds is 0. The van der Waals surface area contributed by atoms with Crippen molar-refractivity contribution in [1.29, 1.82) is 5.26 Å². The largest absolute Gasteiger partial charge is 0.313 e. The first-order chi connectivity index (χ1) is 10.1. The summed E-state index contributed by atoms with van der Waals surface area (Å²) in [6, 6.07) is 3.42. The van der Waals surface area contributed by atoms with Gasteiger partial charge in [-0.3, -0.25) is 0 Å². The molecular formula is C19H30N2. The Bertz CT molecular complexity index is 467. The van der Waals surface area contributed by atoms with Crippen LogP contribution in [-0.4, -0.2) is 12.6 Å². The van der Waals surface area contributed by atoms with Gasteiger partial charge < -0.3 is 5.32 Å². The number of hydrogen-bond donors (Lipinski definition) is 1. The molecule has 1 N–H and O–H groups in total. The molecule has 1 heterocycles. The van der Waals surface area contributed by atoms with E-state index in [1.165, 1.54) is 57.9 Å². The lowest BCUT2D eigenvalue weighted by Crippen LogP contribution is -2.59. The minimum absolute atomic E-state index is 0.332. The molecule has 2 nitrogen and oxygen atoms in total. The number of fused-ring (bicyclic) bond motifs is 5. The van der Waals surface area contributed by atoms with E-state index in [2.05, 4.69) is 25.2 Å². The van der Waals surface area contributed by atoms with Gasteiger partial charge in [0.2, 0.25) is 0 Å². The van der Waals surface area contributed by atoms with E-state index in [9.17, 15) is 5.26 Å². The lowest BCUT2D eigenvalue weighted by atomic mass is 9.47. The molecule has 2 heteroatoms. The van der Waals surface area contributed by atoms with Gasteiger partial charge in [-0.2, -0.15) is 5.26 Å². The molecule has 4 aliphatic rings. The Hall–Kier alpha value is -0.550. The Morgan fingerprint density at radius 3 is 2.57 bits per heavy atom. The summed E-state index contributed by atoms with van der Waals surface area (Å²) in [5, 5.41) is 13.4. The summed E-state index contributed by atoms with van der Waals surface area (Å²) >= 11 is 0. The molecule has 3 saturated carbocycles. The molecule has 1 aliphatic heterocycles. The maximum absolute atomic E-state index is 9.54. The molecule has 3 aliphatic carbocycles. The molecule has 0 aromatic rings. The van der Waals surface area contributed by atoms with Gasteiger partial charge >= 0.3 is 0 Å². The molecule has 4 fully saturated rings. The van der Waals surface area contributed by atoms with Crippen molar-refractivity contribution in [3.63, 3.8) is 0 Å². The van der Waals surface area contributed by atoms with Gasteiger partial charge in [-0.05, 0) is 86.5 Å². The highest BCUT2D eigenvalue weighted by atomic mass is 15.0. The van der Waals surface area contributed by atoms with E-state index in [1.807, 2.05) is 0 Å². The highest BCUT2D eigenvalue weighted by molar-refractivity contribution is 5.13. The average Bonchev–Trinajstić information content (AvgIpc) is 2.83. The van der Waals surface area contributed by atoms with Gasteiger partial charge in [0.15, 0.2) is 0 Å². The summed E-state index contributed by atoms with van der Waals surface area (Å²) in [6.07, 6.45) is 10.8. The van der Waals surface area contributed by atoms with Crippen LogP contribution in [0.25, 0.3) is 0 Å². The van der Waals surface area contributed by atoms with Gasteiger partial charge in [-0.15, -0.1) is 0 Å². The molecule has 0 spiro atoms. The summed E-state index contributed by atoms with van der Waals surface area (Å²) in [5.41, 5.74) is 0.869. The van der Waals surface area contributed by atoms with Gasteiger partial charge in [0.25, 0.3) is 0 Å². The van der Waals surface area contributed by atoms with Crippen LogP contribution < -0.4 is 5.32 Å². The maximum Gasteiger partial charge on any atom is 0.0661 e. The topological polar surface area (TPSA) is 35.8 Å². The molecule has 7 atom stereocenters. The minimum Gasteiger partial charge on any atom is -0.313 e. The van der Waals surface area contributed by atoms with E-state index in [4.69, 9.17) is 0 Å². The van der Waals surface area contributed by atoms with E-state index in [1.54, 1.807) is 0 Å². The van der Waals surface area contributed by atoms with Crippen molar-refractivity contribution in [2.45, 2.75) is 71.3 Å². The van der Waals surface area contributed by atoms with Gasteiger partial charge in [-0.1, -0.05) is 13.8 Å². The zero-order chi connectivity index (χ0) is 14.7. The van der Waals surface area contributed by atoms with Crippen molar-refractivity contribution in [3.05, 3.63) is 0 Å². The van der Waals surface area contributed by atoms with Crippen LogP contribution >= 0.6 is 0 Å². The Morgan fingerprint density at radius 2 is 1.76 bits per heavy atom. The fourth-order valence-electron chi connectivity index (χ4n) is 7.11. The van der Waals surface area contributed by atoms with Crippen LogP contribution in [0.15, 0.2) is 0 Å². The lowest BCUT2D eigenvalue weighted by molar-refractivity contribution is -0.0897. The molecule has 1 saturated heterocycles. The van der Waals surface area contributed by atoms with E-state index < -0.39 is 0 Å². The number of piperidine rings is 1. The standard InChI is InChI=1S/C19H30N2/c1-18-10-8-16-14(15(18)6-4-13(18)12-20)5-7-17-19(16,2)9-3-11-21-17/h13-17,21H,3-11H2,1-2H3/t13-,14+,15+,16+,17-,18-,19-/m1/s1. The lowest BCUT2D eigenvalue weighted by Gasteiger charge is -2.60. The Kier molecular flexibility index (Phi) is 3.16. The summed E-state index contributed by atoms with van der Waals surface area (Å²) in [4.78, 5) is 0. The summed E-state index contributed by atoms with van der Waals surface area (Å²) in [6.45, 7) is 6.26. The Labute approximate surface area is 129 Å². The van der Waals surface area contributed by atoms with Crippen molar-refractivity contribution < 1.29 is 0 Å². The molecular weight excluding hydrogens is 256 g/mol. The molecule has 0 aromatic carbocycles. The van der Waals surface area contributed by atoms with Gasteiger partial charge in [0, 0.05) is 6.04 Å². The van der Waals surface area contributed by atoms with E-state index in [-0.39, 0.29) is 0 Å². The summed E-state index contributed by atoms with van der Waals surface area (Å²) < 4.78 is 0. The molecule has 0 bridgehead atoms. The fraction of sp³-hybridized carbons (Fsp3) is 0.947. The molecule has 0 unspecified atom stereocenters. The Balaban J connectivity index is 1.64. The maximum atomic E-state index is 9.54. The molecule has 0 aromatic heterocycles. The van der Waals surface area contributed by atoms with Crippen LogP contribution in [0, 0.1) is 45.8 Å². The van der Waals surface area contributed by atoms with Gasteiger partial charge in [-0.25, -0.2) is 0 Å². The molecule has 0 amide bonds. The first-order valence-corrected chi connectivity index (χ1v) is 9.22. The quantitative estimate of drug-likeness (QED) is 0.727. The van der Waals surface area contributed by atoms with Crippen LogP contribution in [0.4, 0.5) is 0 Å². The Morgan fingerprint density at radius 1 is 0.952 bits per heavy atom. The van der Waals surface area contributed by atoms with Crippen molar-refractivity contribution >= 4 is 0 Å². The second kappa shape index (κ2) is 4.72. The first kappa shape index (κ1) is 14.1. The predicted molar refractivity (Wildman–Crippen MR) is 84.5 cm³/mol. The van der Waals surface area contributed by atoms with Crippen LogP contribution in [0.2, 0.25) is 0 Å². The molecule has 116 valence electrons. The number of hydrogen-bond acceptors (Lipinski definition) is 2. The second-order valence-corrected chi connectivity index (χ2v) is 8.87. The number of nitriles is 1.